The van der Waals surface area contributed by atoms with Gasteiger partial charge < -0.3 is 14.0 Å². The average Bonchev–Trinajstić information content (AvgIpc) is 3.31. The summed E-state index contributed by atoms with van der Waals surface area (Å²) in [5, 5.41) is 4.17. The van der Waals surface area contributed by atoms with Crippen molar-refractivity contribution in [3.05, 3.63) is 24.2 Å². The summed E-state index contributed by atoms with van der Waals surface area (Å²) in [4.78, 5) is 11.3. The Morgan fingerprint density at radius 3 is 2.96 bits per heavy atom. The molecular formula is C17H22N4O3. The largest absolute Gasteiger partial charge is 0.481 e. The lowest BCUT2D eigenvalue weighted by atomic mass is 10.1. The third-order valence-corrected chi connectivity index (χ3v) is 4.88. The number of hydrogen-bond donors (Lipinski definition) is 0. The second-order valence-corrected chi connectivity index (χ2v) is 6.28. The number of likely N-dealkylation sites (tertiary alicyclic amines) is 1. The van der Waals surface area contributed by atoms with E-state index in [-0.39, 0.29) is 6.04 Å². The van der Waals surface area contributed by atoms with Crippen molar-refractivity contribution in [1.29, 1.82) is 0 Å². The minimum Gasteiger partial charge on any atom is -0.481 e. The van der Waals surface area contributed by atoms with E-state index in [4.69, 9.17) is 14.0 Å². The third kappa shape index (κ3) is 3.01. The molecular weight excluding hydrogens is 308 g/mol. The first-order chi connectivity index (χ1) is 11.8. The predicted octanol–water partition coefficient (Wildman–Crippen LogP) is 2.46. The number of aromatic nitrogens is 3. The molecule has 1 atom stereocenters. The summed E-state index contributed by atoms with van der Waals surface area (Å²) in [6.45, 7) is 2.79. The van der Waals surface area contributed by atoms with Crippen LogP contribution in [-0.2, 0) is 4.74 Å². The molecule has 4 rings (SSSR count). The lowest BCUT2D eigenvalue weighted by molar-refractivity contribution is 0.0243. The fourth-order valence-corrected chi connectivity index (χ4v) is 3.66. The monoisotopic (exact) mass is 330 g/mol. The highest BCUT2D eigenvalue weighted by Gasteiger charge is 2.36. The summed E-state index contributed by atoms with van der Waals surface area (Å²) in [5.74, 6) is 1.85. The van der Waals surface area contributed by atoms with Crippen LogP contribution in [0.4, 0.5) is 0 Å². The Balaban J connectivity index is 1.55. The Morgan fingerprint density at radius 1 is 1.25 bits per heavy atom. The SMILES string of the molecule is COc1cc(-c2noc([C@H]3CCCN3C3CCOCC3)n2)ccn1. The molecule has 0 saturated carbocycles. The van der Waals surface area contributed by atoms with Gasteiger partial charge in [-0.05, 0) is 38.3 Å². The molecule has 0 aliphatic carbocycles. The number of methoxy groups -OCH3 is 1. The fraction of sp³-hybridized carbons (Fsp3) is 0.588. The highest BCUT2D eigenvalue weighted by Crippen LogP contribution is 2.36. The van der Waals surface area contributed by atoms with Gasteiger partial charge in [-0.3, -0.25) is 4.90 Å². The van der Waals surface area contributed by atoms with E-state index >= 15 is 0 Å². The minimum atomic E-state index is 0.220. The molecule has 2 aromatic rings. The summed E-state index contributed by atoms with van der Waals surface area (Å²) in [6, 6.07) is 4.46. The van der Waals surface area contributed by atoms with Crippen LogP contribution < -0.4 is 4.74 Å². The maximum Gasteiger partial charge on any atom is 0.244 e. The lowest BCUT2D eigenvalue weighted by Crippen LogP contribution is -2.39. The molecule has 0 N–H and O–H groups in total. The summed E-state index contributed by atoms with van der Waals surface area (Å²) in [7, 11) is 1.60. The van der Waals surface area contributed by atoms with Gasteiger partial charge >= 0.3 is 0 Å². The molecule has 0 aromatic carbocycles. The van der Waals surface area contributed by atoms with Crippen molar-refractivity contribution < 1.29 is 14.0 Å². The Bertz CT molecular complexity index is 684. The predicted molar refractivity (Wildman–Crippen MR) is 86.6 cm³/mol. The van der Waals surface area contributed by atoms with E-state index in [0.717, 1.165) is 44.6 Å². The highest BCUT2D eigenvalue weighted by molar-refractivity contribution is 5.55. The number of ether oxygens (including phenoxy) is 2. The molecule has 2 aliphatic heterocycles. The van der Waals surface area contributed by atoms with E-state index in [2.05, 4.69) is 20.0 Å². The Morgan fingerprint density at radius 2 is 2.12 bits per heavy atom. The maximum absolute atomic E-state index is 5.60. The second-order valence-electron chi connectivity index (χ2n) is 6.28. The van der Waals surface area contributed by atoms with Gasteiger partial charge in [0, 0.05) is 37.1 Å². The minimum absolute atomic E-state index is 0.220. The number of pyridine rings is 1. The zero-order valence-electron chi connectivity index (χ0n) is 13.9. The van der Waals surface area contributed by atoms with Crippen molar-refractivity contribution in [3.8, 4) is 17.3 Å². The summed E-state index contributed by atoms with van der Waals surface area (Å²) in [6.07, 6.45) is 6.09. The normalized spacial score (nSPS) is 22.8. The maximum atomic E-state index is 5.60. The van der Waals surface area contributed by atoms with E-state index in [1.807, 2.05) is 12.1 Å². The van der Waals surface area contributed by atoms with Crippen LogP contribution in [0.5, 0.6) is 5.88 Å². The van der Waals surface area contributed by atoms with E-state index in [1.54, 1.807) is 13.3 Å². The number of hydrogen-bond acceptors (Lipinski definition) is 7. The summed E-state index contributed by atoms with van der Waals surface area (Å²) < 4.78 is 16.3. The first kappa shape index (κ1) is 15.5. The van der Waals surface area contributed by atoms with Crippen LogP contribution >= 0.6 is 0 Å². The van der Waals surface area contributed by atoms with Gasteiger partial charge in [0.25, 0.3) is 0 Å². The molecule has 0 unspecified atom stereocenters. The van der Waals surface area contributed by atoms with Crippen LogP contribution in [0.2, 0.25) is 0 Å². The molecule has 0 bridgehead atoms. The van der Waals surface area contributed by atoms with Gasteiger partial charge in [0.2, 0.25) is 17.6 Å². The first-order valence-electron chi connectivity index (χ1n) is 8.52. The smallest absolute Gasteiger partial charge is 0.244 e. The van der Waals surface area contributed by atoms with Gasteiger partial charge in [0.05, 0.1) is 13.2 Å². The number of rotatable bonds is 4. The van der Waals surface area contributed by atoms with Crippen molar-refractivity contribution in [3.63, 3.8) is 0 Å². The van der Waals surface area contributed by atoms with Gasteiger partial charge in [0.15, 0.2) is 0 Å². The molecule has 7 nitrogen and oxygen atoms in total. The van der Waals surface area contributed by atoms with E-state index in [9.17, 15) is 0 Å². The van der Waals surface area contributed by atoms with Gasteiger partial charge in [-0.1, -0.05) is 5.16 Å². The quantitative estimate of drug-likeness (QED) is 0.852. The van der Waals surface area contributed by atoms with E-state index in [0.29, 0.717) is 23.6 Å². The van der Waals surface area contributed by atoms with Crippen LogP contribution in [-0.4, -0.2) is 52.9 Å². The van der Waals surface area contributed by atoms with Crippen molar-refractivity contribution in [2.24, 2.45) is 0 Å². The van der Waals surface area contributed by atoms with Gasteiger partial charge in [-0.25, -0.2) is 4.98 Å². The van der Waals surface area contributed by atoms with Crippen LogP contribution in [0.1, 0.15) is 37.6 Å². The third-order valence-electron chi connectivity index (χ3n) is 4.88. The molecule has 2 fully saturated rings. The Labute approximate surface area is 141 Å². The number of nitrogens with zero attached hydrogens (tertiary/aromatic N) is 4. The molecule has 2 saturated heterocycles. The molecule has 7 heteroatoms. The zero-order valence-corrected chi connectivity index (χ0v) is 13.9. The van der Waals surface area contributed by atoms with Crippen LogP contribution in [0.3, 0.4) is 0 Å². The van der Waals surface area contributed by atoms with Gasteiger partial charge in [-0.15, -0.1) is 0 Å². The topological polar surface area (TPSA) is 73.5 Å². The summed E-state index contributed by atoms with van der Waals surface area (Å²) in [5.41, 5.74) is 0.854. The van der Waals surface area contributed by atoms with Crippen LogP contribution in [0.15, 0.2) is 22.9 Å². The lowest BCUT2D eigenvalue weighted by Gasteiger charge is -2.33. The van der Waals surface area contributed by atoms with Crippen LogP contribution in [0, 0.1) is 0 Å². The van der Waals surface area contributed by atoms with Crippen molar-refractivity contribution >= 4 is 0 Å². The molecule has 128 valence electrons. The molecule has 0 spiro atoms. The molecule has 0 radical (unpaired) electrons. The van der Waals surface area contributed by atoms with Crippen LogP contribution in [0.25, 0.3) is 11.4 Å². The van der Waals surface area contributed by atoms with E-state index < -0.39 is 0 Å². The molecule has 2 aliphatic rings. The summed E-state index contributed by atoms with van der Waals surface area (Å²) >= 11 is 0. The van der Waals surface area contributed by atoms with Crippen molar-refractivity contribution in [1.82, 2.24) is 20.0 Å². The fourth-order valence-electron chi connectivity index (χ4n) is 3.66. The average molecular weight is 330 g/mol. The van der Waals surface area contributed by atoms with Crippen molar-refractivity contribution in [2.75, 3.05) is 26.9 Å². The second kappa shape index (κ2) is 6.86. The standard InChI is InChI=1S/C17H22N4O3/c1-22-15-11-12(4-7-18-15)16-19-17(24-20-16)14-3-2-8-21(14)13-5-9-23-10-6-13/h4,7,11,13-14H,2-3,5-6,8-10H2,1H3/t14-/m1/s1. The molecule has 4 heterocycles. The van der Waals surface area contributed by atoms with Gasteiger partial charge in [-0.2, -0.15) is 4.98 Å². The molecule has 0 amide bonds. The van der Waals surface area contributed by atoms with Crippen molar-refractivity contribution in [2.45, 2.75) is 37.8 Å². The zero-order chi connectivity index (χ0) is 16.4. The Hall–Kier alpha value is -1.99. The molecule has 2 aromatic heterocycles. The molecule has 24 heavy (non-hydrogen) atoms. The highest BCUT2D eigenvalue weighted by atomic mass is 16.5. The first-order valence-corrected chi connectivity index (χ1v) is 8.52. The Kier molecular flexibility index (Phi) is 4.44. The van der Waals surface area contributed by atoms with E-state index in [1.165, 1.54) is 6.42 Å². The van der Waals surface area contributed by atoms with Gasteiger partial charge in [0.1, 0.15) is 0 Å².